The van der Waals surface area contributed by atoms with Crippen LogP contribution in [0.3, 0.4) is 0 Å². The molecule has 0 saturated heterocycles. The zero-order valence-corrected chi connectivity index (χ0v) is 37.2. The summed E-state index contributed by atoms with van der Waals surface area (Å²) in [6.45, 7) is 12.2. The Morgan fingerprint density at radius 3 is 1.00 bits per heavy atom. The quantitative estimate of drug-likeness (QED) is 0.166. The van der Waals surface area contributed by atoms with Crippen LogP contribution in [0.1, 0.15) is 57.0 Å². The van der Waals surface area contributed by atoms with Crippen LogP contribution in [-0.2, 0) is 22.4 Å². The first-order valence-electron chi connectivity index (χ1n) is 17.8. The van der Waals surface area contributed by atoms with Gasteiger partial charge in [-0.05, 0) is 108 Å². The average Bonchev–Trinajstić information content (AvgIpc) is 3.08. The minimum Gasteiger partial charge on any atom is -0.668 e. The van der Waals surface area contributed by atoms with E-state index in [0.717, 1.165) is 77.2 Å². The summed E-state index contributed by atoms with van der Waals surface area (Å²) >= 11 is 0. The SMILES string of the molecule is C[N-]C.C[N-]C.C[N-]C.Cc1cc(C)c(C(O)[N-]c2ccc3ccccc3c2-c2c([N-]C(O)c3c(C)cc(C)cc3C)ccc3ccccc23)c(C)c1.[Ta+5]. The van der Waals surface area contributed by atoms with Crippen molar-refractivity contribution < 1.29 is 32.6 Å². The molecular weight excluding hydrogens is 835 g/mol. The maximum Gasteiger partial charge on any atom is 5.00 e. The summed E-state index contributed by atoms with van der Waals surface area (Å²) in [6, 6.07) is 32.9. The molecule has 0 aromatic heterocycles. The Morgan fingerprint density at radius 1 is 0.426 bits per heavy atom. The molecule has 0 radical (unpaired) electrons. The van der Waals surface area contributed by atoms with Gasteiger partial charge in [0.2, 0.25) is 0 Å². The van der Waals surface area contributed by atoms with Crippen LogP contribution in [0, 0.1) is 41.5 Å². The molecule has 2 atom stereocenters. The predicted octanol–water partition coefficient (Wildman–Crippen LogP) is 12.8. The number of benzene rings is 6. The van der Waals surface area contributed by atoms with Crippen molar-refractivity contribution in [3.05, 3.63) is 168 Å². The Bertz CT molecular complexity index is 1900. The van der Waals surface area contributed by atoms with E-state index in [-0.39, 0.29) is 22.4 Å². The maximum absolute atomic E-state index is 11.6. The zero-order valence-electron chi connectivity index (χ0n) is 34.0. The molecule has 6 aromatic rings. The molecule has 6 rings (SSSR count). The fourth-order valence-corrected chi connectivity index (χ4v) is 6.85. The van der Waals surface area contributed by atoms with E-state index in [0.29, 0.717) is 11.4 Å². The minimum absolute atomic E-state index is 0. The molecule has 6 aromatic carbocycles. The largest absolute Gasteiger partial charge is 5.00 e. The molecular formula is C46H56N5O2Ta. The van der Waals surface area contributed by atoms with Gasteiger partial charge in [0.15, 0.2) is 0 Å². The number of nitrogens with zero attached hydrogens (tertiary/aromatic N) is 5. The second kappa shape index (κ2) is 22.4. The Hall–Kier alpha value is -4.02. The number of aryl methyl sites for hydroxylation is 6. The van der Waals surface area contributed by atoms with Gasteiger partial charge in [0.05, 0.1) is 0 Å². The third-order valence-electron chi connectivity index (χ3n) is 8.58. The van der Waals surface area contributed by atoms with Crippen LogP contribution in [0.2, 0.25) is 0 Å². The third kappa shape index (κ3) is 11.5. The zero-order chi connectivity index (χ0) is 39.2. The van der Waals surface area contributed by atoms with Crippen molar-refractivity contribution in [2.24, 2.45) is 0 Å². The smallest absolute Gasteiger partial charge is 0.668 e. The minimum atomic E-state index is -1.05. The fourth-order valence-electron chi connectivity index (χ4n) is 6.85. The molecule has 0 aliphatic heterocycles. The van der Waals surface area contributed by atoms with Gasteiger partial charge >= 0.3 is 22.4 Å². The first-order chi connectivity index (χ1) is 25.4. The van der Waals surface area contributed by atoms with Crippen molar-refractivity contribution >= 4 is 32.9 Å². The molecule has 0 fully saturated rings. The molecule has 282 valence electrons. The van der Waals surface area contributed by atoms with Crippen LogP contribution >= 0.6 is 0 Å². The van der Waals surface area contributed by atoms with Gasteiger partial charge < -0.3 is 36.8 Å². The van der Waals surface area contributed by atoms with Crippen molar-refractivity contribution in [3.8, 4) is 11.1 Å². The molecule has 0 bridgehead atoms. The van der Waals surface area contributed by atoms with E-state index in [1.165, 1.54) is 0 Å². The third-order valence-corrected chi connectivity index (χ3v) is 8.58. The Balaban J connectivity index is 0.000000920. The van der Waals surface area contributed by atoms with Crippen molar-refractivity contribution in [2.75, 3.05) is 42.3 Å². The monoisotopic (exact) mass is 891 g/mol. The standard InChI is InChI=1S/C40H38N2O2.3C2H6N.Ta/c1-23-19-25(3)35(26(4)20-23)39(43)41-33-17-15-29-11-7-9-13-31(29)37(33)38-32-14-10-8-12-30(32)16-18-34(38)42-40(44)36-27(5)21-24(2)22-28(36)6;3*1-3-2;/h7-22,39-40,43-44H,1-6H3;3*1-2H3;/q-2;3*-1;+5. The summed E-state index contributed by atoms with van der Waals surface area (Å²) < 4.78 is 0. The van der Waals surface area contributed by atoms with Gasteiger partial charge in [-0.2, -0.15) is 42.3 Å². The number of hydrogen-bond acceptors (Lipinski definition) is 2. The normalized spacial score (nSPS) is 11.4. The van der Waals surface area contributed by atoms with Gasteiger partial charge in [0.25, 0.3) is 0 Å². The van der Waals surface area contributed by atoms with Crippen LogP contribution in [0.4, 0.5) is 11.4 Å². The van der Waals surface area contributed by atoms with Gasteiger partial charge in [-0.3, -0.25) is 0 Å². The summed E-state index contributed by atoms with van der Waals surface area (Å²) in [5.41, 5.74) is 11.1. The van der Waals surface area contributed by atoms with Crippen LogP contribution in [0.25, 0.3) is 59.3 Å². The van der Waals surface area contributed by atoms with E-state index in [1.807, 2.05) is 64.1 Å². The number of aliphatic hydroxyl groups excluding tert-OH is 2. The molecule has 2 N–H and O–H groups in total. The molecule has 0 aliphatic rings. The molecule has 54 heavy (non-hydrogen) atoms. The Morgan fingerprint density at radius 2 is 0.704 bits per heavy atom. The van der Waals surface area contributed by atoms with Crippen molar-refractivity contribution in [1.29, 1.82) is 0 Å². The molecule has 8 heteroatoms. The molecule has 0 amide bonds. The molecule has 2 unspecified atom stereocenters. The summed E-state index contributed by atoms with van der Waals surface area (Å²) in [4.78, 5) is 0. The summed E-state index contributed by atoms with van der Waals surface area (Å²) in [6.07, 6.45) is -2.09. The van der Waals surface area contributed by atoms with Crippen LogP contribution in [0.15, 0.2) is 97.1 Å². The number of hydrogen-bond donors (Lipinski definition) is 2. The second-order valence-electron chi connectivity index (χ2n) is 13.3. The van der Waals surface area contributed by atoms with Gasteiger partial charge in [0, 0.05) is 12.5 Å². The van der Waals surface area contributed by atoms with Crippen molar-refractivity contribution in [3.63, 3.8) is 0 Å². The topological polar surface area (TPSA) is 111 Å². The Labute approximate surface area is 339 Å². The number of rotatable bonds is 7. The maximum atomic E-state index is 11.6. The first kappa shape index (κ1) is 46.1. The first-order valence-corrected chi connectivity index (χ1v) is 17.8. The van der Waals surface area contributed by atoms with Gasteiger partial charge in [-0.25, -0.2) is 0 Å². The summed E-state index contributed by atoms with van der Waals surface area (Å²) in [5, 5.41) is 47.8. The van der Waals surface area contributed by atoms with E-state index < -0.39 is 12.5 Å². The van der Waals surface area contributed by atoms with Crippen LogP contribution in [-0.4, -0.2) is 52.5 Å². The molecule has 0 heterocycles. The molecule has 0 spiro atoms. The second-order valence-corrected chi connectivity index (χ2v) is 13.3. The van der Waals surface area contributed by atoms with Crippen LogP contribution < -0.4 is 0 Å². The summed E-state index contributed by atoms with van der Waals surface area (Å²) in [5.74, 6) is 0. The molecule has 0 saturated carbocycles. The van der Waals surface area contributed by atoms with Gasteiger partial charge in [0.1, 0.15) is 0 Å². The van der Waals surface area contributed by atoms with E-state index in [4.69, 9.17) is 10.6 Å². The molecule has 7 nitrogen and oxygen atoms in total. The molecule has 0 aliphatic carbocycles. The Kier molecular flexibility index (Phi) is 19.1. The predicted molar refractivity (Wildman–Crippen MR) is 230 cm³/mol. The van der Waals surface area contributed by atoms with Gasteiger partial charge in [-0.1, -0.05) is 108 Å². The summed E-state index contributed by atoms with van der Waals surface area (Å²) in [7, 11) is 10.5. The van der Waals surface area contributed by atoms with E-state index in [2.05, 4.69) is 90.5 Å². The average molecular weight is 892 g/mol. The van der Waals surface area contributed by atoms with Crippen molar-refractivity contribution in [1.82, 2.24) is 0 Å². The van der Waals surface area contributed by atoms with E-state index in [1.54, 1.807) is 42.3 Å². The number of aliphatic hydroxyl groups is 2. The number of fused-ring (bicyclic) bond motifs is 2. The van der Waals surface area contributed by atoms with Crippen LogP contribution in [0.5, 0.6) is 0 Å². The van der Waals surface area contributed by atoms with E-state index >= 15 is 0 Å². The van der Waals surface area contributed by atoms with Gasteiger partial charge in [-0.15, -0.1) is 11.4 Å². The fraction of sp³-hybridized carbons (Fsp3) is 0.304. The van der Waals surface area contributed by atoms with E-state index in [9.17, 15) is 10.2 Å². The van der Waals surface area contributed by atoms with Crippen molar-refractivity contribution in [2.45, 2.75) is 54.0 Å².